The van der Waals surface area contributed by atoms with Crippen LogP contribution < -0.4 is 15.8 Å². The van der Waals surface area contributed by atoms with Crippen molar-refractivity contribution in [2.24, 2.45) is 0 Å². The van der Waals surface area contributed by atoms with E-state index in [1.807, 2.05) is 18.2 Å². The SMILES string of the molecule is COCc1nc(N)cc(Nc2cc(Br)ccc2OC)n1. The van der Waals surface area contributed by atoms with Crippen molar-refractivity contribution in [2.45, 2.75) is 6.61 Å². The van der Waals surface area contributed by atoms with Gasteiger partial charge in [-0.3, -0.25) is 0 Å². The lowest BCUT2D eigenvalue weighted by atomic mass is 10.3. The second-order valence-corrected chi connectivity index (χ2v) is 4.91. The Kier molecular flexibility index (Phi) is 4.75. The van der Waals surface area contributed by atoms with Crippen molar-refractivity contribution < 1.29 is 9.47 Å². The van der Waals surface area contributed by atoms with E-state index in [2.05, 4.69) is 31.2 Å². The Balaban J connectivity index is 2.31. The number of hydrogen-bond donors (Lipinski definition) is 2. The number of nitrogens with zero attached hydrogens (tertiary/aromatic N) is 2. The first-order valence-electron chi connectivity index (χ1n) is 5.85. The van der Waals surface area contributed by atoms with E-state index in [0.29, 0.717) is 29.8 Å². The minimum Gasteiger partial charge on any atom is -0.495 e. The summed E-state index contributed by atoms with van der Waals surface area (Å²) >= 11 is 3.42. The number of benzene rings is 1. The van der Waals surface area contributed by atoms with Gasteiger partial charge in [0.25, 0.3) is 0 Å². The van der Waals surface area contributed by atoms with Crippen LogP contribution in [0, 0.1) is 0 Å². The molecule has 0 aliphatic carbocycles. The van der Waals surface area contributed by atoms with Gasteiger partial charge in [0, 0.05) is 17.6 Å². The maximum atomic E-state index is 5.76. The quantitative estimate of drug-likeness (QED) is 0.872. The van der Waals surface area contributed by atoms with Crippen LogP contribution in [-0.4, -0.2) is 24.2 Å². The summed E-state index contributed by atoms with van der Waals surface area (Å²) in [7, 11) is 3.19. The number of nitrogens with two attached hydrogens (primary N) is 1. The summed E-state index contributed by atoms with van der Waals surface area (Å²) in [6, 6.07) is 7.30. The molecular formula is C13H15BrN4O2. The number of nitrogens with one attached hydrogen (secondary N) is 1. The molecule has 0 aliphatic rings. The molecule has 0 saturated carbocycles. The lowest BCUT2D eigenvalue weighted by Crippen LogP contribution is -2.05. The van der Waals surface area contributed by atoms with Crippen molar-refractivity contribution >= 4 is 33.3 Å². The molecule has 2 aromatic rings. The minimum absolute atomic E-state index is 0.301. The minimum atomic E-state index is 0.301. The average molecular weight is 339 g/mol. The Labute approximate surface area is 125 Å². The van der Waals surface area contributed by atoms with Gasteiger partial charge in [-0.25, -0.2) is 9.97 Å². The van der Waals surface area contributed by atoms with Gasteiger partial charge in [0.15, 0.2) is 5.82 Å². The van der Waals surface area contributed by atoms with E-state index in [9.17, 15) is 0 Å². The monoisotopic (exact) mass is 338 g/mol. The second kappa shape index (κ2) is 6.53. The highest BCUT2D eigenvalue weighted by molar-refractivity contribution is 9.10. The highest BCUT2D eigenvalue weighted by atomic mass is 79.9. The molecule has 106 valence electrons. The van der Waals surface area contributed by atoms with Gasteiger partial charge in [0.1, 0.15) is 24.0 Å². The predicted octanol–water partition coefficient (Wildman–Crippen LogP) is 2.72. The molecule has 0 aliphatic heterocycles. The summed E-state index contributed by atoms with van der Waals surface area (Å²) < 4.78 is 11.2. The van der Waals surface area contributed by atoms with Crippen LogP contribution in [0.15, 0.2) is 28.7 Å². The summed E-state index contributed by atoms with van der Waals surface area (Å²) in [5.41, 5.74) is 6.54. The topological polar surface area (TPSA) is 82.3 Å². The standard InChI is InChI=1S/C13H15BrN4O2/c1-19-7-13-17-11(15)6-12(18-13)16-9-5-8(14)3-4-10(9)20-2/h3-6H,7H2,1-2H3,(H3,15,16,17,18). The first-order chi connectivity index (χ1) is 9.62. The number of ether oxygens (including phenoxy) is 2. The predicted molar refractivity (Wildman–Crippen MR) is 81.1 cm³/mol. The van der Waals surface area contributed by atoms with Crippen molar-refractivity contribution in [3.63, 3.8) is 0 Å². The van der Waals surface area contributed by atoms with E-state index in [1.54, 1.807) is 20.3 Å². The highest BCUT2D eigenvalue weighted by Crippen LogP contribution is 2.30. The largest absolute Gasteiger partial charge is 0.495 e. The fourth-order valence-electron chi connectivity index (χ4n) is 1.69. The number of nitrogen functional groups attached to an aromatic ring is 1. The van der Waals surface area contributed by atoms with Gasteiger partial charge in [-0.05, 0) is 18.2 Å². The summed E-state index contributed by atoms with van der Waals surface area (Å²) in [5.74, 6) is 2.19. The molecule has 0 spiro atoms. The van der Waals surface area contributed by atoms with Crippen LogP contribution in [0.2, 0.25) is 0 Å². The Morgan fingerprint density at radius 1 is 1.25 bits per heavy atom. The molecule has 0 amide bonds. The Morgan fingerprint density at radius 2 is 2.05 bits per heavy atom. The molecule has 2 rings (SSSR count). The third kappa shape index (κ3) is 3.58. The third-order valence-corrected chi connectivity index (χ3v) is 2.98. The molecule has 0 atom stereocenters. The van der Waals surface area contributed by atoms with Gasteiger partial charge < -0.3 is 20.5 Å². The molecule has 0 bridgehead atoms. The molecule has 3 N–H and O–H groups in total. The molecule has 20 heavy (non-hydrogen) atoms. The van der Waals surface area contributed by atoms with E-state index < -0.39 is 0 Å². The highest BCUT2D eigenvalue weighted by Gasteiger charge is 2.07. The van der Waals surface area contributed by atoms with Crippen molar-refractivity contribution in [3.05, 3.63) is 34.6 Å². The van der Waals surface area contributed by atoms with E-state index in [0.717, 1.165) is 10.2 Å². The van der Waals surface area contributed by atoms with Crippen molar-refractivity contribution in [3.8, 4) is 5.75 Å². The second-order valence-electron chi connectivity index (χ2n) is 4.00. The van der Waals surface area contributed by atoms with Crippen LogP contribution >= 0.6 is 15.9 Å². The number of anilines is 3. The lowest BCUT2D eigenvalue weighted by Gasteiger charge is -2.12. The van der Waals surface area contributed by atoms with Crippen LogP contribution in [0.25, 0.3) is 0 Å². The maximum Gasteiger partial charge on any atom is 0.158 e. The van der Waals surface area contributed by atoms with Crippen LogP contribution in [0.4, 0.5) is 17.3 Å². The van der Waals surface area contributed by atoms with Gasteiger partial charge in [-0.2, -0.15) is 0 Å². The van der Waals surface area contributed by atoms with Gasteiger partial charge in [-0.15, -0.1) is 0 Å². The van der Waals surface area contributed by atoms with Gasteiger partial charge in [0.2, 0.25) is 0 Å². The van der Waals surface area contributed by atoms with E-state index >= 15 is 0 Å². The summed E-state index contributed by atoms with van der Waals surface area (Å²) in [5, 5.41) is 3.16. The summed E-state index contributed by atoms with van der Waals surface area (Å²) in [6.07, 6.45) is 0. The molecule has 0 unspecified atom stereocenters. The molecule has 0 saturated heterocycles. The molecule has 1 heterocycles. The number of hydrogen-bond acceptors (Lipinski definition) is 6. The summed E-state index contributed by atoms with van der Waals surface area (Å²) in [6.45, 7) is 0.301. The molecule has 1 aromatic carbocycles. The fourth-order valence-corrected chi connectivity index (χ4v) is 2.05. The lowest BCUT2D eigenvalue weighted by molar-refractivity contribution is 0.178. The Bertz CT molecular complexity index is 607. The number of rotatable bonds is 5. The molecule has 0 radical (unpaired) electrons. The maximum absolute atomic E-state index is 5.76. The number of aromatic nitrogens is 2. The third-order valence-electron chi connectivity index (χ3n) is 2.49. The smallest absolute Gasteiger partial charge is 0.158 e. The van der Waals surface area contributed by atoms with Crippen LogP contribution in [0.5, 0.6) is 5.75 Å². The van der Waals surface area contributed by atoms with Crippen molar-refractivity contribution in [2.75, 3.05) is 25.3 Å². The molecular weight excluding hydrogens is 324 g/mol. The Morgan fingerprint density at radius 3 is 2.75 bits per heavy atom. The Hall–Kier alpha value is -1.86. The average Bonchev–Trinajstić information content (AvgIpc) is 2.38. The first-order valence-corrected chi connectivity index (χ1v) is 6.64. The zero-order chi connectivity index (χ0) is 14.5. The van der Waals surface area contributed by atoms with Crippen LogP contribution in [0.3, 0.4) is 0 Å². The molecule has 6 nitrogen and oxygen atoms in total. The number of halogens is 1. The van der Waals surface area contributed by atoms with Gasteiger partial charge in [0.05, 0.1) is 12.8 Å². The zero-order valence-electron chi connectivity index (χ0n) is 11.2. The van der Waals surface area contributed by atoms with Crippen molar-refractivity contribution in [1.82, 2.24) is 9.97 Å². The fraction of sp³-hybridized carbons (Fsp3) is 0.231. The molecule has 1 aromatic heterocycles. The van der Waals surface area contributed by atoms with E-state index in [1.165, 1.54) is 0 Å². The zero-order valence-corrected chi connectivity index (χ0v) is 12.8. The molecule has 7 heteroatoms. The van der Waals surface area contributed by atoms with Gasteiger partial charge in [-0.1, -0.05) is 15.9 Å². The summed E-state index contributed by atoms with van der Waals surface area (Å²) in [4.78, 5) is 8.41. The van der Waals surface area contributed by atoms with Crippen LogP contribution in [-0.2, 0) is 11.3 Å². The first kappa shape index (κ1) is 14.5. The van der Waals surface area contributed by atoms with Crippen LogP contribution in [0.1, 0.15) is 5.82 Å². The normalized spacial score (nSPS) is 10.3. The van der Waals surface area contributed by atoms with Gasteiger partial charge >= 0.3 is 0 Å². The van der Waals surface area contributed by atoms with E-state index in [-0.39, 0.29) is 0 Å². The van der Waals surface area contributed by atoms with E-state index in [4.69, 9.17) is 15.2 Å². The molecule has 0 fully saturated rings. The number of methoxy groups -OCH3 is 2. The van der Waals surface area contributed by atoms with Crippen molar-refractivity contribution in [1.29, 1.82) is 0 Å².